The number of methoxy groups -OCH3 is 1. The van der Waals surface area contributed by atoms with Gasteiger partial charge < -0.3 is 10.1 Å². The highest BCUT2D eigenvalue weighted by Crippen LogP contribution is 2.14. The van der Waals surface area contributed by atoms with E-state index in [4.69, 9.17) is 16.3 Å². The maximum Gasteiger partial charge on any atom is 0.282 e. The highest BCUT2D eigenvalue weighted by Gasteiger charge is 2.19. The lowest BCUT2D eigenvalue weighted by Gasteiger charge is -2.22. The van der Waals surface area contributed by atoms with Crippen LogP contribution in [0.1, 0.15) is 23.6 Å². The van der Waals surface area contributed by atoms with Gasteiger partial charge in [-0.25, -0.2) is 0 Å². The summed E-state index contributed by atoms with van der Waals surface area (Å²) in [4.78, 5) is 11.5. The number of amides is 1. The van der Waals surface area contributed by atoms with Gasteiger partial charge in [-0.2, -0.15) is 0 Å². The molecule has 1 rings (SSSR count). The topological polar surface area (TPSA) is 64.1 Å². The predicted octanol–water partition coefficient (Wildman–Crippen LogP) is 1.35. The molecule has 7 heteroatoms. The van der Waals surface area contributed by atoms with Crippen molar-refractivity contribution in [2.75, 3.05) is 13.7 Å². The van der Waals surface area contributed by atoms with Gasteiger partial charge in [-0.05, 0) is 25.4 Å². The summed E-state index contributed by atoms with van der Waals surface area (Å²) in [6.45, 7) is 4.15. The van der Waals surface area contributed by atoms with E-state index in [1.165, 1.54) is 0 Å². The van der Waals surface area contributed by atoms with Gasteiger partial charge in [0.25, 0.3) is 5.91 Å². The molecule has 0 aliphatic heterocycles. The van der Waals surface area contributed by atoms with E-state index in [9.17, 15) is 4.79 Å². The molecule has 0 fully saturated rings. The molecule has 1 aromatic rings. The average Bonchev–Trinajstić information content (AvgIpc) is 2.61. The van der Waals surface area contributed by atoms with Crippen LogP contribution in [0.3, 0.4) is 0 Å². The molecule has 0 aliphatic carbocycles. The first kappa shape index (κ1) is 12.4. The molecule has 0 radical (unpaired) electrons. The van der Waals surface area contributed by atoms with Gasteiger partial charge in [0.15, 0.2) is 0 Å². The van der Waals surface area contributed by atoms with Crippen LogP contribution in [0.25, 0.3) is 0 Å². The summed E-state index contributed by atoms with van der Waals surface area (Å²) in [5.74, 6) is -0.287. The summed E-state index contributed by atoms with van der Waals surface area (Å²) in [6.07, 6.45) is 0. The number of halogens is 1. The van der Waals surface area contributed by atoms with E-state index in [2.05, 4.69) is 15.5 Å². The van der Waals surface area contributed by atoms with Gasteiger partial charge in [0, 0.05) is 13.7 Å². The minimum absolute atomic E-state index is 0.256. The number of aromatic nitrogens is 2. The molecule has 0 spiro atoms. The van der Waals surface area contributed by atoms with Crippen LogP contribution in [-0.2, 0) is 4.74 Å². The molecular weight excluding hydrogens is 238 g/mol. The number of hydrogen-bond donors (Lipinski definition) is 1. The smallest absolute Gasteiger partial charge is 0.282 e. The monoisotopic (exact) mass is 249 g/mol. The Labute approximate surface area is 96.8 Å². The third kappa shape index (κ3) is 3.73. The van der Waals surface area contributed by atoms with Crippen molar-refractivity contribution in [3.8, 4) is 0 Å². The van der Waals surface area contributed by atoms with Crippen LogP contribution in [0.2, 0.25) is 4.47 Å². The lowest BCUT2D eigenvalue weighted by Crippen LogP contribution is -2.39. The first-order valence-electron chi connectivity index (χ1n) is 4.27. The Balaban J connectivity index is 2.50. The second-order valence-electron chi connectivity index (χ2n) is 3.51. The first-order valence-corrected chi connectivity index (χ1v) is 5.46. The number of rotatable bonds is 4. The number of nitrogens with one attached hydrogen (secondary N) is 1. The zero-order valence-corrected chi connectivity index (χ0v) is 10.3. The van der Waals surface area contributed by atoms with Gasteiger partial charge in [-0.1, -0.05) is 11.3 Å². The van der Waals surface area contributed by atoms with Crippen molar-refractivity contribution in [1.29, 1.82) is 0 Å². The minimum atomic E-state index is -0.399. The molecule has 0 atom stereocenters. The second kappa shape index (κ2) is 4.87. The van der Waals surface area contributed by atoms with E-state index in [1.807, 2.05) is 13.8 Å². The zero-order valence-electron chi connectivity index (χ0n) is 8.70. The van der Waals surface area contributed by atoms with Crippen LogP contribution in [0.15, 0.2) is 0 Å². The van der Waals surface area contributed by atoms with E-state index in [1.54, 1.807) is 7.11 Å². The Hall–Kier alpha value is -0.720. The Bertz CT molecular complexity index is 353. The fraction of sp³-hybridized carbons (Fsp3) is 0.625. The van der Waals surface area contributed by atoms with Crippen LogP contribution < -0.4 is 5.32 Å². The highest BCUT2D eigenvalue weighted by atomic mass is 35.5. The molecule has 0 bridgehead atoms. The molecular formula is C8H12ClN3O2S. The van der Waals surface area contributed by atoms with E-state index in [0.29, 0.717) is 6.54 Å². The molecule has 0 saturated carbocycles. The summed E-state index contributed by atoms with van der Waals surface area (Å²) >= 11 is 6.61. The molecule has 0 aromatic carbocycles. The maximum atomic E-state index is 11.5. The third-order valence-corrected chi connectivity index (χ3v) is 2.84. The molecule has 5 nitrogen and oxygen atoms in total. The van der Waals surface area contributed by atoms with Crippen LogP contribution in [0.5, 0.6) is 0 Å². The average molecular weight is 250 g/mol. The van der Waals surface area contributed by atoms with E-state index in [-0.39, 0.29) is 15.4 Å². The lowest BCUT2D eigenvalue weighted by atomic mass is 10.1. The Kier molecular flexibility index (Phi) is 4.01. The van der Waals surface area contributed by atoms with Crippen molar-refractivity contribution in [1.82, 2.24) is 15.5 Å². The van der Waals surface area contributed by atoms with Gasteiger partial charge in [-0.3, -0.25) is 4.79 Å². The summed E-state index contributed by atoms with van der Waals surface area (Å²) in [6, 6.07) is 0. The highest BCUT2D eigenvalue weighted by molar-refractivity contribution is 7.17. The molecule has 0 saturated heterocycles. The van der Waals surface area contributed by atoms with Gasteiger partial charge >= 0.3 is 0 Å². The van der Waals surface area contributed by atoms with Crippen molar-refractivity contribution >= 4 is 28.8 Å². The molecule has 1 amide bonds. The number of ether oxygens (including phenoxy) is 1. The predicted molar refractivity (Wildman–Crippen MR) is 58.3 cm³/mol. The normalized spacial score (nSPS) is 11.5. The van der Waals surface area contributed by atoms with Crippen molar-refractivity contribution in [2.24, 2.45) is 0 Å². The van der Waals surface area contributed by atoms with E-state index in [0.717, 1.165) is 11.3 Å². The van der Waals surface area contributed by atoms with Crippen molar-refractivity contribution in [2.45, 2.75) is 19.4 Å². The van der Waals surface area contributed by atoms with Crippen LogP contribution >= 0.6 is 22.9 Å². The zero-order chi connectivity index (χ0) is 11.5. The minimum Gasteiger partial charge on any atom is -0.377 e. The van der Waals surface area contributed by atoms with Gasteiger partial charge in [0.1, 0.15) is 0 Å². The first-order chi connectivity index (χ1) is 6.94. The van der Waals surface area contributed by atoms with Crippen molar-refractivity contribution < 1.29 is 9.53 Å². The summed E-state index contributed by atoms with van der Waals surface area (Å²) in [5.41, 5.74) is -0.399. The summed E-state index contributed by atoms with van der Waals surface area (Å²) < 4.78 is 5.41. The van der Waals surface area contributed by atoms with Gasteiger partial charge in [0.05, 0.1) is 5.60 Å². The fourth-order valence-corrected chi connectivity index (χ4v) is 1.48. The molecule has 0 unspecified atom stereocenters. The van der Waals surface area contributed by atoms with Crippen LogP contribution in [-0.4, -0.2) is 35.4 Å². The molecule has 1 heterocycles. The van der Waals surface area contributed by atoms with E-state index >= 15 is 0 Å². The van der Waals surface area contributed by atoms with Gasteiger partial charge in [-0.15, -0.1) is 10.2 Å². The summed E-state index contributed by atoms with van der Waals surface area (Å²) in [5, 5.41) is 10.1. The molecule has 1 aromatic heterocycles. The largest absolute Gasteiger partial charge is 0.377 e. The molecule has 15 heavy (non-hydrogen) atoms. The van der Waals surface area contributed by atoms with Crippen LogP contribution in [0.4, 0.5) is 0 Å². The standard InChI is InChI=1S/C8H12ClN3O2S/c1-8(2,14-3)4-10-5(13)6-11-12-7(9)15-6/h4H2,1-3H3,(H,10,13). The number of carbonyl (C=O) groups excluding carboxylic acids is 1. The molecule has 1 N–H and O–H groups in total. The Morgan fingerprint density at radius 3 is 2.73 bits per heavy atom. The lowest BCUT2D eigenvalue weighted by molar-refractivity contribution is 0.0228. The fourth-order valence-electron chi connectivity index (χ4n) is 0.738. The summed E-state index contributed by atoms with van der Waals surface area (Å²) in [7, 11) is 1.59. The SMILES string of the molecule is COC(C)(C)CNC(=O)c1nnc(Cl)s1. The van der Waals surface area contributed by atoms with Crippen molar-refractivity contribution in [3.05, 3.63) is 9.47 Å². The number of carbonyl (C=O) groups is 1. The number of nitrogens with zero attached hydrogens (tertiary/aromatic N) is 2. The third-order valence-electron chi connectivity index (χ3n) is 1.82. The quantitative estimate of drug-likeness (QED) is 0.875. The van der Waals surface area contributed by atoms with Crippen molar-refractivity contribution in [3.63, 3.8) is 0 Å². The van der Waals surface area contributed by atoms with Crippen LogP contribution in [0, 0.1) is 0 Å². The number of hydrogen-bond acceptors (Lipinski definition) is 5. The molecule has 0 aliphatic rings. The second-order valence-corrected chi connectivity index (χ2v) is 5.07. The Morgan fingerprint density at radius 1 is 1.60 bits per heavy atom. The van der Waals surface area contributed by atoms with Gasteiger partial charge in [0.2, 0.25) is 9.47 Å². The maximum absolute atomic E-state index is 11.5. The van der Waals surface area contributed by atoms with E-state index < -0.39 is 5.60 Å². The molecule has 84 valence electrons. The Morgan fingerprint density at radius 2 is 2.27 bits per heavy atom.